The largest absolute Gasteiger partial charge is 0.411 e. The molecule has 1 heterocycles. The molecule has 0 bridgehead atoms. The summed E-state index contributed by atoms with van der Waals surface area (Å²) in [5.74, 6) is -1.39. The van der Waals surface area contributed by atoms with E-state index in [-0.39, 0.29) is 22.4 Å². The summed E-state index contributed by atoms with van der Waals surface area (Å²) in [4.78, 5) is 12.2. The average molecular weight is 361 g/mol. The molecule has 2 aromatic carbocycles. The van der Waals surface area contributed by atoms with Crippen molar-refractivity contribution in [2.75, 3.05) is 5.32 Å². The Bertz CT molecular complexity index is 901. The fraction of sp³-hybridized carbons (Fsp3) is 0.118. The molecular weight excluding hydrogens is 348 g/mol. The van der Waals surface area contributed by atoms with Crippen molar-refractivity contribution in [3.05, 3.63) is 60.2 Å². The van der Waals surface area contributed by atoms with Crippen LogP contribution in [-0.4, -0.2) is 21.4 Å². The lowest BCUT2D eigenvalue weighted by Gasteiger charge is -2.10. The number of nitrogens with zero attached hydrogens (tertiary/aromatic N) is 2. The summed E-state index contributed by atoms with van der Waals surface area (Å²) in [6, 6.07) is 11.9. The smallest absolute Gasteiger partial charge is 0.277 e. The van der Waals surface area contributed by atoms with Gasteiger partial charge in [0.15, 0.2) is 0 Å². The van der Waals surface area contributed by atoms with E-state index in [9.17, 15) is 13.6 Å². The van der Waals surface area contributed by atoms with Crippen LogP contribution in [0, 0.1) is 11.6 Å². The number of nitrogens with one attached hydrogen (secondary N) is 1. The zero-order valence-corrected chi connectivity index (χ0v) is 13.9. The summed E-state index contributed by atoms with van der Waals surface area (Å²) in [7, 11) is 0. The van der Waals surface area contributed by atoms with Crippen LogP contribution in [0.25, 0.3) is 11.5 Å². The zero-order chi connectivity index (χ0) is 17.8. The molecule has 3 aromatic rings. The molecule has 1 amide bonds. The van der Waals surface area contributed by atoms with E-state index in [1.54, 1.807) is 25.1 Å². The van der Waals surface area contributed by atoms with Crippen molar-refractivity contribution in [2.45, 2.75) is 17.4 Å². The van der Waals surface area contributed by atoms with Crippen molar-refractivity contribution in [3.8, 4) is 11.5 Å². The first-order chi connectivity index (χ1) is 12.0. The number of aromatic nitrogens is 2. The lowest BCUT2D eigenvalue weighted by atomic mass is 10.2. The fourth-order valence-electron chi connectivity index (χ4n) is 2.00. The number of carbonyl (C=O) groups is 1. The molecular formula is C17H13F2N3O2S. The van der Waals surface area contributed by atoms with Gasteiger partial charge in [-0.1, -0.05) is 36.0 Å². The number of halogens is 2. The highest BCUT2D eigenvalue weighted by Gasteiger charge is 2.20. The van der Waals surface area contributed by atoms with E-state index >= 15 is 0 Å². The second kappa shape index (κ2) is 7.43. The second-order valence-electron chi connectivity index (χ2n) is 5.08. The molecule has 128 valence electrons. The van der Waals surface area contributed by atoms with Crippen LogP contribution in [0.3, 0.4) is 0 Å². The Morgan fingerprint density at radius 1 is 1.08 bits per heavy atom. The highest BCUT2D eigenvalue weighted by molar-refractivity contribution is 8.00. The molecule has 8 heteroatoms. The van der Waals surface area contributed by atoms with Gasteiger partial charge in [0, 0.05) is 0 Å². The standard InChI is InChI=1S/C17H13F2N3O2S/c1-10(15(23)20-14-9-5-4-8-13(14)19)25-17-22-21-16(24-17)11-6-2-3-7-12(11)18/h2-10H,1H3,(H,20,23)/t10-/m0/s1. The van der Waals surface area contributed by atoms with E-state index in [0.717, 1.165) is 11.8 Å². The summed E-state index contributed by atoms with van der Waals surface area (Å²) in [5.41, 5.74) is 0.280. The van der Waals surface area contributed by atoms with Gasteiger partial charge in [-0.15, -0.1) is 10.2 Å². The van der Waals surface area contributed by atoms with E-state index in [0.29, 0.717) is 0 Å². The molecule has 0 fully saturated rings. The monoisotopic (exact) mass is 361 g/mol. The van der Waals surface area contributed by atoms with E-state index in [1.807, 2.05) is 0 Å². The highest BCUT2D eigenvalue weighted by atomic mass is 32.2. The van der Waals surface area contributed by atoms with Crippen LogP contribution in [-0.2, 0) is 4.79 Å². The molecule has 0 saturated heterocycles. The third kappa shape index (κ3) is 4.03. The van der Waals surface area contributed by atoms with Crippen LogP contribution in [0.4, 0.5) is 14.5 Å². The molecule has 0 unspecified atom stereocenters. The lowest BCUT2D eigenvalue weighted by Crippen LogP contribution is -2.22. The number of amides is 1. The number of anilines is 1. The van der Waals surface area contributed by atoms with Crippen molar-refractivity contribution in [3.63, 3.8) is 0 Å². The number of thioether (sulfide) groups is 1. The summed E-state index contributed by atoms with van der Waals surface area (Å²) < 4.78 is 32.7. The third-order valence-electron chi connectivity index (χ3n) is 3.29. The predicted molar refractivity (Wildman–Crippen MR) is 90.0 cm³/mol. The van der Waals surface area contributed by atoms with Crippen LogP contribution < -0.4 is 5.32 Å². The van der Waals surface area contributed by atoms with Crippen LogP contribution in [0.15, 0.2) is 58.2 Å². The number of rotatable bonds is 5. The summed E-state index contributed by atoms with van der Waals surface area (Å²) in [6.07, 6.45) is 0. The van der Waals surface area contributed by atoms with Crippen molar-refractivity contribution in [1.82, 2.24) is 10.2 Å². The summed E-state index contributed by atoms with van der Waals surface area (Å²) in [6.45, 7) is 1.62. The minimum absolute atomic E-state index is 0.0299. The molecule has 1 atom stereocenters. The van der Waals surface area contributed by atoms with E-state index in [4.69, 9.17) is 4.42 Å². The normalized spacial score (nSPS) is 12.0. The Morgan fingerprint density at radius 2 is 1.76 bits per heavy atom. The second-order valence-corrected chi connectivity index (χ2v) is 6.37. The van der Waals surface area contributed by atoms with Gasteiger partial charge >= 0.3 is 0 Å². The molecule has 0 aliphatic heterocycles. The molecule has 25 heavy (non-hydrogen) atoms. The topological polar surface area (TPSA) is 68.0 Å². The molecule has 5 nitrogen and oxygen atoms in total. The molecule has 0 saturated carbocycles. The van der Waals surface area contributed by atoms with Gasteiger partial charge in [0.05, 0.1) is 16.5 Å². The molecule has 3 rings (SSSR count). The van der Waals surface area contributed by atoms with Crippen molar-refractivity contribution >= 4 is 23.4 Å². The van der Waals surface area contributed by atoms with Crippen molar-refractivity contribution in [2.24, 2.45) is 0 Å². The quantitative estimate of drug-likeness (QED) is 0.692. The molecule has 0 radical (unpaired) electrons. The Hall–Kier alpha value is -2.74. The summed E-state index contributed by atoms with van der Waals surface area (Å²) in [5, 5.41) is 9.59. The first-order valence-electron chi connectivity index (χ1n) is 7.35. The maximum atomic E-state index is 13.7. The minimum Gasteiger partial charge on any atom is -0.411 e. The van der Waals surface area contributed by atoms with Gasteiger partial charge in [-0.05, 0) is 31.2 Å². The SMILES string of the molecule is C[C@H](Sc1nnc(-c2ccccc2F)o1)C(=O)Nc1ccccc1F. The zero-order valence-electron chi connectivity index (χ0n) is 13.1. The molecule has 1 N–H and O–H groups in total. The number of hydrogen-bond donors (Lipinski definition) is 1. The third-order valence-corrected chi connectivity index (χ3v) is 4.22. The maximum Gasteiger partial charge on any atom is 0.277 e. The van der Waals surface area contributed by atoms with Gasteiger partial charge in [0.2, 0.25) is 5.91 Å². The van der Waals surface area contributed by atoms with E-state index < -0.39 is 22.8 Å². The fourth-order valence-corrected chi connectivity index (χ4v) is 2.69. The maximum absolute atomic E-state index is 13.7. The van der Waals surface area contributed by atoms with Gasteiger partial charge in [0.1, 0.15) is 11.6 Å². The van der Waals surface area contributed by atoms with Crippen LogP contribution in [0.5, 0.6) is 0 Å². The van der Waals surface area contributed by atoms with Crippen molar-refractivity contribution < 1.29 is 18.0 Å². The average Bonchev–Trinajstić information content (AvgIpc) is 3.05. The number of hydrogen-bond acceptors (Lipinski definition) is 5. The molecule has 0 spiro atoms. The van der Waals surface area contributed by atoms with Crippen LogP contribution >= 0.6 is 11.8 Å². The van der Waals surface area contributed by atoms with Gasteiger partial charge in [-0.25, -0.2) is 8.78 Å². The first kappa shape index (κ1) is 17.1. The van der Waals surface area contributed by atoms with E-state index in [1.165, 1.54) is 30.3 Å². The highest BCUT2D eigenvalue weighted by Crippen LogP contribution is 2.28. The van der Waals surface area contributed by atoms with Crippen molar-refractivity contribution in [1.29, 1.82) is 0 Å². The number of benzene rings is 2. The Kier molecular flexibility index (Phi) is 5.08. The first-order valence-corrected chi connectivity index (χ1v) is 8.23. The molecule has 1 aromatic heterocycles. The number of para-hydroxylation sites is 1. The summed E-state index contributed by atoms with van der Waals surface area (Å²) >= 11 is 1.00. The minimum atomic E-state index is -0.617. The molecule has 0 aliphatic rings. The van der Waals surface area contributed by atoms with Gasteiger partial charge in [0.25, 0.3) is 11.1 Å². The lowest BCUT2D eigenvalue weighted by molar-refractivity contribution is -0.115. The Morgan fingerprint density at radius 3 is 2.48 bits per heavy atom. The van der Waals surface area contributed by atoms with Crippen LogP contribution in [0.1, 0.15) is 6.92 Å². The van der Waals surface area contributed by atoms with E-state index in [2.05, 4.69) is 15.5 Å². The van der Waals surface area contributed by atoms with Gasteiger partial charge in [-0.2, -0.15) is 0 Å². The Labute approximate surface area is 146 Å². The van der Waals surface area contributed by atoms with Gasteiger partial charge < -0.3 is 9.73 Å². The molecule has 0 aliphatic carbocycles. The Balaban J connectivity index is 1.67. The van der Waals surface area contributed by atoms with Gasteiger partial charge in [-0.3, -0.25) is 4.79 Å². The predicted octanol–water partition coefficient (Wildman–Crippen LogP) is 4.13. The van der Waals surface area contributed by atoms with Crippen LogP contribution in [0.2, 0.25) is 0 Å². The number of carbonyl (C=O) groups excluding carboxylic acids is 1.